The summed E-state index contributed by atoms with van der Waals surface area (Å²) in [6.07, 6.45) is 3.89. The second-order valence-electron chi connectivity index (χ2n) is 5.42. The summed E-state index contributed by atoms with van der Waals surface area (Å²) >= 11 is 0. The van der Waals surface area contributed by atoms with E-state index in [0.29, 0.717) is 12.0 Å². The van der Waals surface area contributed by atoms with Crippen molar-refractivity contribution in [1.29, 1.82) is 0 Å². The summed E-state index contributed by atoms with van der Waals surface area (Å²) in [6.45, 7) is 2.23. The largest absolute Gasteiger partial charge is 0.495 e. The number of fused-ring (bicyclic) bond motifs is 1. The molecule has 2 atom stereocenters. The third kappa shape index (κ3) is 2.48. The molecule has 20 heavy (non-hydrogen) atoms. The minimum atomic E-state index is 0.490. The van der Waals surface area contributed by atoms with E-state index in [1.807, 2.05) is 18.3 Å². The number of rotatable bonds is 3. The molecule has 1 aromatic carbocycles. The molecule has 0 bridgehead atoms. The first-order valence-corrected chi connectivity index (χ1v) is 7.11. The van der Waals surface area contributed by atoms with Gasteiger partial charge < -0.3 is 10.1 Å². The maximum absolute atomic E-state index is 5.42. The lowest BCUT2D eigenvalue weighted by Gasteiger charge is -2.31. The average molecular weight is 268 g/mol. The summed E-state index contributed by atoms with van der Waals surface area (Å²) in [4.78, 5) is 4.50. The summed E-state index contributed by atoms with van der Waals surface area (Å²) in [6, 6.07) is 13.0. The van der Waals surface area contributed by atoms with Crippen LogP contribution in [0.5, 0.6) is 5.75 Å². The molecule has 0 fully saturated rings. The molecule has 1 aliphatic heterocycles. The highest BCUT2D eigenvalue weighted by Crippen LogP contribution is 2.37. The standard InChI is InChI=1S/C17H20N2O/c1-12-10-13(14-6-3-4-7-15(14)19-12)11-16-17(20-2)8-5-9-18-16/h3-9,12-13,19H,10-11H2,1-2H3. The van der Waals surface area contributed by atoms with E-state index in [2.05, 4.69) is 41.5 Å². The monoisotopic (exact) mass is 268 g/mol. The topological polar surface area (TPSA) is 34.1 Å². The van der Waals surface area contributed by atoms with Crippen molar-refractivity contribution in [1.82, 2.24) is 4.98 Å². The van der Waals surface area contributed by atoms with E-state index in [0.717, 1.165) is 24.3 Å². The summed E-state index contributed by atoms with van der Waals surface area (Å²) in [5, 5.41) is 3.55. The van der Waals surface area contributed by atoms with Gasteiger partial charge in [-0.05, 0) is 43.0 Å². The van der Waals surface area contributed by atoms with E-state index in [-0.39, 0.29) is 0 Å². The van der Waals surface area contributed by atoms with Gasteiger partial charge in [-0.2, -0.15) is 0 Å². The Morgan fingerprint density at radius 3 is 2.95 bits per heavy atom. The number of pyridine rings is 1. The van der Waals surface area contributed by atoms with E-state index in [9.17, 15) is 0 Å². The van der Waals surface area contributed by atoms with Gasteiger partial charge in [-0.3, -0.25) is 4.98 Å². The Hall–Kier alpha value is -2.03. The molecule has 0 aliphatic carbocycles. The minimum absolute atomic E-state index is 0.490. The lowest BCUT2D eigenvalue weighted by molar-refractivity contribution is 0.403. The predicted octanol–water partition coefficient (Wildman–Crippen LogP) is 3.62. The van der Waals surface area contributed by atoms with Gasteiger partial charge in [0.05, 0.1) is 12.8 Å². The van der Waals surface area contributed by atoms with Gasteiger partial charge in [0.15, 0.2) is 0 Å². The Morgan fingerprint density at radius 1 is 1.25 bits per heavy atom. The molecule has 2 unspecified atom stereocenters. The van der Waals surface area contributed by atoms with Crippen molar-refractivity contribution in [3.63, 3.8) is 0 Å². The van der Waals surface area contributed by atoms with Crippen molar-refractivity contribution in [3.05, 3.63) is 53.9 Å². The van der Waals surface area contributed by atoms with Crippen LogP contribution in [0.4, 0.5) is 5.69 Å². The molecule has 1 aromatic heterocycles. The number of nitrogens with one attached hydrogen (secondary N) is 1. The minimum Gasteiger partial charge on any atom is -0.495 e. The summed E-state index contributed by atoms with van der Waals surface area (Å²) in [5.41, 5.74) is 3.69. The summed E-state index contributed by atoms with van der Waals surface area (Å²) < 4.78 is 5.42. The molecule has 0 spiro atoms. The van der Waals surface area contributed by atoms with Crippen LogP contribution in [0.2, 0.25) is 0 Å². The second-order valence-corrected chi connectivity index (χ2v) is 5.42. The van der Waals surface area contributed by atoms with Crippen LogP contribution in [0.1, 0.15) is 30.5 Å². The van der Waals surface area contributed by atoms with Gasteiger partial charge >= 0.3 is 0 Å². The number of hydrogen-bond donors (Lipinski definition) is 1. The molecule has 2 heterocycles. The van der Waals surface area contributed by atoms with Crippen LogP contribution >= 0.6 is 0 Å². The van der Waals surface area contributed by atoms with E-state index < -0.39 is 0 Å². The van der Waals surface area contributed by atoms with Crippen molar-refractivity contribution in [2.45, 2.75) is 31.7 Å². The highest BCUT2D eigenvalue weighted by molar-refractivity contribution is 5.56. The molecule has 0 amide bonds. The van der Waals surface area contributed by atoms with Crippen LogP contribution in [0.15, 0.2) is 42.6 Å². The van der Waals surface area contributed by atoms with Crippen molar-refractivity contribution >= 4 is 5.69 Å². The molecule has 1 aliphatic rings. The van der Waals surface area contributed by atoms with Gasteiger partial charge in [0, 0.05) is 24.3 Å². The molecule has 0 saturated heterocycles. The van der Waals surface area contributed by atoms with Crippen LogP contribution in [-0.4, -0.2) is 18.1 Å². The molecule has 3 rings (SSSR count). The molecule has 0 saturated carbocycles. The zero-order chi connectivity index (χ0) is 13.9. The van der Waals surface area contributed by atoms with Crippen molar-refractivity contribution < 1.29 is 4.74 Å². The highest BCUT2D eigenvalue weighted by atomic mass is 16.5. The number of aromatic nitrogens is 1. The van der Waals surface area contributed by atoms with Gasteiger partial charge in [-0.25, -0.2) is 0 Å². The maximum atomic E-state index is 5.42. The van der Waals surface area contributed by atoms with E-state index in [1.165, 1.54) is 11.3 Å². The molecule has 3 heteroatoms. The van der Waals surface area contributed by atoms with Gasteiger partial charge in [0.2, 0.25) is 0 Å². The van der Waals surface area contributed by atoms with Gasteiger partial charge in [-0.1, -0.05) is 18.2 Å². The molecule has 3 nitrogen and oxygen atoms in total. The fourth-order valence-electron chi connectivity index (χ4n) is 3.05. The fraction of sp³-hybridized carbons (Fsp3) is 0.353. The number of hydrogen-bond acceptors (Lipinski definition) is 3. The number of para-hydroxylation sites is 1. The van der Waals surface area contributed by atoms with E-state index in [1.54, 1.807) is 7.11 Å². The highest BCUT2D eigenvalue weighted by Gasteiger charge is 2.25. The third-order valence-electron chi connectivity index (χ3n) is 3.95. The Labute approximate surface area is 120 Å². The molecule has 1 N–H and O–H groups in total. The van der Waals surface area contributed by atoms with Crippen LogP contribution in [-0.2, 0) is 6.42 Å². The van der Waals surface area contributed by atoms with Gasteiger partial charge in [0.25, 0.3) is 0 Å². The molecule has 2 aromatic rings. The van der Waals surface area contributed by atoms with E-state index in [4.69, 9.17) is 4.74 Å². The molecule has 104 valence electrons. The third-order valence-corrected chi connectivity index (χ3v) is 3.95. The van der Waals surface area contributed by atoms with Crippen molar-refractivity contribution in [3.8, 4) is 5.75 Å². The van der Waals surface area contributed by atoms with Crippen LogP contribution < -0.4 is 10.1 Å². The van der Waals surface area contributed by atoms with E-state index >= 15 is 0 Å². The predicted molar refractivity (Wildman–Crippen MR) is 81.4 cm³/mol. The van der Waals surface area contributed by atoms with Gasteiger partial charge in [0.1, 0.15) is 5.75 Å². The molecule has 0 radical (unpaired) electrons. The smallest absolute Gasteiger partial charge is 0.140 e. The number of ether oxygens (including phenoxy) is 1. The van der Waals surface area contributed by atoms with Crippen molar-refractivity contribution in [2.75, 3.05) is 12.4 Å². The van der Waals surface area contributed by atoms with Crippen LogP contribution in [0.3, 0.4) is 0 Å². The number of anilines is 1. The first-order valence-electron chi connectivity index (χ1n) is 7.11. The zero-order valence-electron chi connectivity index (χ0n) is 12.0. The van der Waals surface area contributed by atoms with Crippen molar-refractivity contribution in [2.24, 2.45) is 0 Å². The van der Waals surface area contributed by atoms with Crippen LogP contribution in [0, 0.1) is 0 Å². The quantitative estimate of drug-likeness (QED) is 0.923. The summed E-state index contributed by atoms with van der Waals surface area (Å²) in [5.74, 6) is 1.38. The Balaban J connectivity index is 1.91. The first kappa shape index (κ1) is 13.0. The number of benzene rings is 1. The number of nitrogens with zero attached hydrogens (tertiary/aromatic N) is 1. The molecular formula is C17H20N2O. The maximum Gasteiger partial charge on any atom is 0.140 e. The zero-order valence-corrected chi connectivity index (χ0v) is 12.0. The second kappa shape index (κ2) is 5.53. The Kier molecular flexibility index (Phi) is 3.59. The lowest BCUT2D eigenvalue weighted by atomic mass is 9.84. The van der Waals surface area contributed by atoms with Crippen LogP contribution in [0.25, 0.3) is 0 Å². The lowest BCUT2D eigenvalue weighted by Crippen LogP contribution is -2.26. The fourth-order valence-corrected chi connectivity index (χ4v) is 3.05. The normalized spacial score (nSPS) is 20.9. The summed E-state index contributed by atoms with van der Waals surface area (Å²) in [7, 11) is 1.71. The SMILES string of the molecule is COc1cccnc1CC1CC(C)Nc2ccccc21. The molecular weight excluding hydrogens is 248 g/mol. The van der Waals surface area contributed by atoms with Gasteiger partial charge in [-0.15, -0.1) is 0 Å². The number of methoxy groups -OCH3 is 1. The average Bonchev–Trinajstić information content (AvgIpc) is 2.47. The Morgan fingerprint density at radius 2 is 2.10 bits per heavy atom. The Bertz CT molecular complexity index is 597. The first-order chi connectivity index (χ1) is 9.78.